The number of carboxylic acid groups (broad SMARTS) is 1. The molecule has 0 bridgehead atoms. The molecule has 3 atom stereocenters. The lowest BCUT2D eigenvalue weighted by atomic mass is 10.0. The van der Waals surface area contributed by atoms with Gasteiger partial charge in [0.15, 0.2) is 0 Å². The molecule has 0 aliphatic carbocycles. The number of aliphatic carboxylic acids is 1. The Morgan fingerprint density at radius 2 is 1.77 bits per heavy atom. The maximum absolute atomic E-state index is 12.5. The lowest BCUT2D eigenvalue weighted by Crippen LogP contribution is -2.54. The second-order valence-corrected chi connectivity index (χ2v) is 7.92. The lowest BCUT2D eigenvalue weighted by molar-refractivity contribution is -0.141. The molecule has 0 spiro atoms. The van der Waals surface area contributed by atoms with Crippen molar-refractivity contribution in [2.75, 3.05) is 6.54 Å². The number of hydrogen-bond acceptors (Lipinski definition) is 6. The highest BCUT2D eigenvalue weighted by atomic mass is 16.4. The van der Waals surface area contributed by atoms with E-state index in [1.807, 2.05) is 13.8 Å². The van der Waals surface area contributed by atoms with Crippen molar-refractivity contribution in [3.63, 3.8) is 0 Å². The highest BCUT2D eigenvalue weighted by Gasteiger charge is 2.27. The van der Waals surface area contributed by atoms with Crippen molar-refractivity contribution in [2.45, 2.75) is 58.7 Å². The van der Waals surface area contributed by atoms with Crippen LogP contribution in [-0.4, -0.2) is 63.4 Å². The Morgan fingerprint density at radius 1 is 1.10 bits per heavy atom. The van der Waals surface area contributed by atoms with E-state index in [9.17, 15) is 24.3 Å². The first-order valence-electron chi connectivity index (χ1n) is 9.84. The highest BCUT2D eigenvalue weighted by Crippen LogP contribution is 2.07. The Bertz CT molecular complexity index is 719. The van der Waals surface area contributed by atoms with Gasteiger partial charge in [-0.3, -0.25) is 14.4 Å². The van der Waals surface area contributed by atoms with E-state index in [1.165, 1.54) is 12.5 Å². The van der Waals surface area contributed by atoms with Crippen LogP contribution in [0.5, 0.6) is 0 Å². The van der Waals surface area contributed by atoms with E-state index >= 15 is 0 Å². The Morgan fingerprint density at radius 3 is 2.27 bits per heavy atom. The summed E-state index contributed by atoms with van der Waals surface area (Å²) in [5.74, 6) is -2.85. The first-order chi connectivity index (χ1) is 14.0. The van der Waals surface area contributed by atoms with E-state index < -0.39 is 48.4 Å². The Balaban J connectivity index is 2.64. The molecule has 0 saturated carbocycles. The summed E-state index contributed by atoms with van der Waals surface area (Å²) in [6.45, 7) is 6.97. The van der Waals surface area contributed by atoms with Crippen LogP contribution in [0.4, 0.5) is 0 Å². The number of aromatic nitrogens is 2. The number of nitrogens with zero attached hydrogens (tertiary/aromatic N) is 1. The van der Waals surface area contributed by atoms with Gasteiger partial charge in [0.2, 0.25) is 17.7 Å². The van der Waals surface area contributed by atoms with Gasteiger partial charge in [-0.25, -0.2) is 9.78 Å². The van der Waals surface area contributed by atoms with Gasteiger partial charge < -0.3 is 31.8 Å². The summed E-state index contributed by atoms with van der Waals surface area (Å²) < 4.78 is 0. The number of aromatic amines is 1. The first kappa shape index (κ1) is 25.1. The summed E-state index contributed by atoms with van der Waals surface area (Å²) in [6.07, 6.45) is 3.26. The Kier molecular flexibility index (Phi) is 9.96. The highest BCUT2D eigenvalue weighted by molar-refractivity contribution is 5.92. The third-order valence-electron chi connectivity index (χ3n) is 4.40. The number of hydrogen-bond donors (Lipinski definition) is 6. The lowest BCUT2D eigenvalue weighted by Gasteiger charge is -2.23. The largest absolute Gasteiger partial charge is 0.480 e. The van der Waals surface area contributed by atoms with Gasteiger partial charge in [0.05, 0.1) is 18.9 Å². The maximum Gasteiger partial charge on any atom is 0.326 e. The molecule has 30 heavy (non-hydrogen) atoms. The van der Waals surface area contributed by atoms with Gasteiger partial charge in [0, 0.05) is 18.3 Å². The molecule has 7 N–H and O–H groups in total. The van der Waals surface area contributed by atoms with Crippen LogP contribution in [0.3, 0.4) is 0 Å². The average Bonchev–Trinajstić information content (AvgIpc) is 3.16. The van der Waals surface area contributed by atoms with Crippen molar-refractivity contribution >= 4 is 23.7 Å². The van der Waals surface area contributed by atoms with Crippen LogP contribution >= 0.6 is 0 Å². The number of rotatable bonds is 12. The number of carboxylic acids is 1. The van der Waals surface area contributed by atoms with E-state index in [4.69, 9.17) is 5.73 Å². The molecule has 3 unspecified atom stereocenters. The van der Waals surface area contributed by atoms with Crippen LogP contribution < -0.4 is 21.7 Å². The zero-order chi connectivity index (χ0) is 22.8. The predicted octanol–water partition coefficient (Wildman–Crippen LogP) is -0.848. The second kappa shape index (κ2) is 11.9. The van der Waals surface area contributed by atoms with Gasteiger partial charge in [-0.05, 0) is 18.3 Å². The molecule has 0 saturated heterocycles. The van der Waals surface area contributed by atoms with Crippen LogP contribution in [-0.2, 0) is 25.6 Å². The minimum atomic E-state index is -1.21. The van der Waals surface area contributed by atoms with Crippen molar-refractivity contribution in [1.29, 1.82) is 0 Å². The van der Waals surface area contributed by atoms with Crippen LogP contribution in [0.15, 0.2) is 12.5 Å². The first-order valence-corrected chi connectivity index (χ1v) is 9.84. The topological polar surface area (TPSA) is 179 Å². The van der Waals surface area contributed by atoms with Gasteiger partial charge in [0.25, 0.3) is 0 Å². The van der Waals surface area contributed by atoms with Gasteiger partial charge in [-0.15, -0.1) is 0 Å². The normalized spacial score (nSPS) is 14.1. The van der Waals surface area contributed by atoms with Crippen molar-refractivity contribution < 1.29 is 24.3 Å². The third kappa shape index (κ3) is 8.60. The van der Waals surface area contributed by atoms with Gasteiger partial charge in [-0.2, -0.15) is 0 Å². The van der Waals surface area contributed by atoms with Crippen molar-refractivity contribution in [2.24, 2.45) is 17.6 Å². The zero-order valence-corrected chi connectivity index (χ0v) is 17.8. The van der Waals surface area contributed by atoms with Crippen LogP contribution in [0, 0.1) is 11.8 Å². The number of nitrogens with one attached hydrogen (secondary N) is 4. The molecule has 0 aliphatic rings. The van der Waals surface area contributed by atoms with E-state index in [0.717, 1.165) is 0 Å². The molecular formula is C19H32N6O5. The molecule has 1 heterocycles. The molecular weight excluding hydrogens is 392 g/mol. The minimum Gasteiger partial charge on any atom is -0.480 e. The summed E-state index contributed by atoms with van der Waals surface area (Å²) in [4.78, 5) is 54.8. The van der Waals surface area contributed by atoms with E-state index in [-0.39, 0.29) is 18.3 Å². The number of imidazole rings is 1. The monoisotopic (exact) mass is 424 g/mol. The standard InChI is InChI=1S/C19H32N6O5/c1-10(2)5-13(25-18(28)16(20)11(3)4)17(27)22-8-15(26)24-14(19(29)30)6-12-7-21-9-23-12/h7,9-11,13-14,16H,5-6,8,20H2,1-4H3,(H,21,23)(H,22,27)(H,24,26)(H,25,28)(H,29,30). The number of carbonyl (C=O) groups is 4. The van der Waals surface area contributed by atoms with Crippen LogP contribution in [0.25, 0.3) is 0 Å². The quantitative estimate of drug-likeness (QED) is 0.253. The summed E-state index contributed by atoms with van der Waals surface area (Å²) >= 11 is 0. The molecule has 11 heteroatoms. The number of nitrogens with two attached hydrogens (primary N) is 1. The molecule has 3 amide bonds. The summed E-state index contributed by atoms with van der Waals surface area (Å²) in [7, 11) is 0. The van der Waals surface area contributed by atoms with Gasteiger partial charge in [0.1, 0.15) is 12.1 Å². The Labute approximate surface area is 175 Å². The average molecular weight is 425 g/mol. The summed E-state index contributed by atoms with van der Waals surface area (Å²) in [5.41, 5.74) is 6.38. The summed E-state index contributed by atoms with van der Waals surface area (Å²) in [6, 6.07) is -2.78. The molecule has 1 aromatic rings. The van der Waals surface area contributed by atoms with Crippen molar-refractivity contribution in [3.05, 3.63) is 18.2 Å². The van der Waals surface area contributed by atoms with Crippen LogP contribution in [0.1, 0.15) is 39.8 Å². The number of carbonyl (C=O) groups excluding carboxylic acids is 3. The minimum absolute atomic E-state index is 0.0220. The van der Waals surface area contributed by atoms with Gasteiger partial charge >= 0.3 is 5.97 Å². The second-order valence-electron chi connectivity index (χ2n) is 7.92. The van der Waals surface area contributed by atoms with Crippen LogP contribution in [0.2, 0.25) is 0 Å². The predicted molar refractivity (Wildman–Crippen MR) is 109 cm³/mol. The smallest absolute Gasteiger partial charge is 0.326 e. The SMILES string of the molecule is CC(C)CC(NC(=O)C(N)C(C)C)C(=O)NCC(=O)NC(Cc1cnc[nH]1)C(=O)O. The fraction of sp³-hybridized carbons (Fsp3) is 0.632. The molecule has 0 aliphatic heterocycles. The molecule has 11 nitrogen and oxygen atoms in total. The molecule has 1 aromatic heterocycles. The molecule has 0 fully saturated rings. The van der Waals surface area contributed by atoms with E-state index in [0.29, 0.717) is 12.1 Å². The Hall–Kier alpha value is -2.95. The molecule has 0 aromatic carbocycles. The number of amides is 3. The molecule has 0 radical (unpaired) electrons. The zero-order valence-electron chi connectivity index (χ0n) is 17.8. The molecule has 1 rings (SSSR count). The maximum atomic E-state index is 12.5. The number of H-pyrrole nitrogens is 1. The van der Waals surface area contributed by atoms with Gasteiger partial charge in [-0.1, -0.05) is 27.7 Å². The van der Waals surface area contributed by atoms with E-state index in [1.54, 1.807) is 13.8 Å². The third-order valence-corrected chi connectivity index (χ3v) is 4.40. The van der Waals surface area contributed by atoms with E-state index in [2.05, 4.69) is 25.9 Å². The fourth-order valence-electron chi connectivity index (χ4n) is 2.63. The fourth-order valence-corrected chi connectivity index (χ4v) is 2.63. The van der Waals surface area contributed by atoms with Crippen molar-refractivity contribution in [3.8, 4) is 0 Å². The summed E-state index contributed by atoms with van der Waals surface area (Å²) in [5, 5.41) is 16.7. The molecule has 168 valence electrons. The van der Waals surface area contributed by atoms with Crippen molar-refractivity contribution in [1.82, 2.24) is 25.9 Å².